The minimum Gasteiger partial charge on any atom is -0.339 e. The molecule has 86 valence electrons. The molecule has 0 saturated carbocycles. The van der Waals surface area contributed by atoms with Gasteiger partial charge in [0.25, 0.3) is 0 Å². The van der Waals surface area contributed by atoms with Crippen molar-refractivity contribution >= 4 is 5.91 Å². The van der Waals surface area contributed by atoms with Gasteiger partial charge in [0.15, 0.2) is 0 Å². The minimum absolute atomic E-state index is 0.0920. The smallest absolute Gasteiger partial charge is 0.245 e. The first kappa shape index (κ1) is 12.2. The number of fused-ring (bicyclic) bond motifs is 1. The third-order valence-corrected chi connectivity index (χ3v) is 3.16. The van der Waals surface area contributed by atoms with Crippen molar-refractivity contribution in [1.29, 1.82) is 0 Å². The number of amides is 1. The Morgan fingerprint density at radius 3 is 2.67 bits per heavy atom. The molecule has 2 atom stereocenters. The van der Waals surface area contributed by atoms with Gasteiger partial charge in [-0.2, -0.15) is 0 Å². The molecule has 15 heavy (non-hydrogen) atoms. The summed E-state index contributed by atoms with van der Waals surface area (Å²) in [5.41, 5.74) is 0. The minimum atomic E-state index is 0.0920. The van der Waals surface area contributed by atoms with Gasteiger partial charge >= 0.3 is 0 Å². The van der Waals surface area contributed by atoms with Gasteiger partial charge in [0, 0.05) is 13.1 Å². The maximum Gasteiger partial charge on any atom is 0.245 e. The van der Waals surface area contributed by atoms with Crippen LogP contribution in [0, 0.1) is 11.8 Å². The number of piperidine rings is 1. The summed E-state index contributed by atoms with van der Waals surface area (Å²) in [6, 6.07) is 0. The van der Waals surface area contributed by atoms with Crippen molar-refractivity contribution in [2.45, 2.75) is 20.3 Å². The Morgan fingerprint density at radius 2 is 2.07 bits per heavy atom. The Bertz CT molecular complexity index is 214. The van der Waals surface area contributed by atoms with Crippen molar-refractivity contribution < 1.29 is 4.79 Å². The largest absolute Gasteiger partial charge is 0.339 e. The van der Waals surface area contributed by atoms with E-state index in [2.05, 4.69) is 11.9 Å². The summed E-state index contributed by atoms with van der Waals surface area (Å²) in [6.45, 7) is 11.6. The van der Waals surface area contributed by atoms with Gasteiger partial charge in [0.2, 0.25) is 5.91 Å². The molecule has 2 heterocycles. The second-order valence-corrected chi connectivity index (χ2v) is 3.96. The van der Waals surface area contributed by atoms with Crippen LogP contribution in [0.3, 0.4) is 0 Å². The summed E-state index contributed by atoms with van der Waals surface area (Å²) in [6.07, 6.45) is 2.64. The highest BCUT2D eigenvalue weighted by Gasteiger charge is 2.35. The van der Waals surface area contributed by atoms with Gasteiger partial charge in [0.1, 0.15) is 0 Å². The summed E-state index contributed by atoms with van der Waals surface area (Å²) in [4.78, 5) is 13.3. The quantitative estimate of drug-likeness (QED) is 0.661. The van der Waals surface area contributed by atoms with E-state index in [1.807, 2.05) is 18.7 Å². The lowest BCUT2D eigenvalue weighted by atomic mass is 9.90. The molecule has 3 nitrogen and oxygen atoms in total. The van der Waals surface area contributed by atoms with E-state index in [4.69, 9.17) is 0 Å². The zero-order valence-electron chi connectivity index (χ0n) is 9.83. The number of hydrogen-bond acceptors (Lipinski definition) is 2. The highest BCUT2D eigenvalue weighted by Crippen LogP contribution is 2.27. The average molecular weight is 210 g/mol. The summed E-state index contributed by atoms with van der Waals surface area (Å²) in [5, 5.41) is 3.37. The molecule has 0 aromatic carbocycles. The normalized spacial score (nSPS) is 28.8. The van der Waals surface area contributed by atoms with E-state index in [0.29, 0.717) is 5.92 Å². The molecule has 0 aromatic heterocycles. The standard InChI is InChI=1S/C10H16N2O.C2H6/c1-2-10(13)12-6-8-3-4-11-5-9(8)7-12;1-2/h2,8-9,11H,1,3-7H2;1-2H3. The van der Waals surface area contributed by atoms with E-state index >= 15 is 0 Å². The van der Waals surface area contributed by atoms with Gasteiger partial charge in [-0.3, -0.25) is 4.79 Å². The van der Waals surface area contributed by atoms with Crippen molar-refractivity contribution in [1.82, 2.24) is 10.2 Å². The summed E-state index contributed by atoms with van der Waals surface area (Å²) in [5.74, 6) is 1.50. The first-order valence-corrected chi connectivity index (χ1v) is 5.93. The number of hydrogen-bond donors (Lipinski definition) is 1. The molecular weight excluding hydrogens is 188 g/mol. The van der Waals surface area contributed by atoms with Gasteiger partial charge in [-0.1, -0.05) is 20.4 Å². The second kappa shape index (κ2) is 5.91. The molecule has 2 aliphatic rings. The second-order valence-electron chi connectivity index (χ2n) is 3.96. The molecular formula is C12H22N2O. The fraction of sp³-hybridized carbons (Fsp3) is 0.750. The molecule has 3 heteroatoms. The van der Waals surface area contributed by atoms with Crippen LogP contribution in [0.5, 0.6) is 0 Å². The highest BCUT2D eigenvalue weighted by atomic mass is 16.2. The highest BCUT2D eigenvalue weighted by molar-refractivity contribution is 5.87. The molecule has 1 amide bonds. The van der Waals surface area contributed by atoms with Crippen LogP contribution in [0.4, 0.5) is 0 Å². The van der Waals surface area contributed by atoms with Crippen molar-refractivity contribution in [3.8, 4) is 0 Å². The maximum atomic E-state index is 11.3. The van der Waals surface area contributed by atoms with Crippen LogP contribution >= 0.6 is 0 Å². The third-order valence-electron chi connectivity index (χ3n) is 3.16. The van der Waals surface area contributed by atoms with Gasteiger partial charge in [-0.25, -0.2) is 0 Å². The number of nitrogens with zero attached hydrogens (tertiary/aromatic N) is 1. The molecule has 2 rings (SSSR count). The molecule has 1 N–H and O–H groups in total. The van der Waals surface area contributed by atoms with E-state index in [1.54, 1.807) is 0 Å². The summed E-state index contributed by atoms with van der Waals surface area (Å²) < 4.78 is 0. The average Bonchev–Trinajstić information content (AvgIpc) is 2.74. The zero-order valence-corrected chi connectivity index (χ0v) is 9.83. The van der Waals surface area contributed by atoms with E-state index in [9.17, 15) is 4.79 Å². The Kier molecular flexibility index (Phi) is 4.82. The maximum absolute atomic E-state index is 11.3. The van der Waals surface area contributed by atoms with Crippen LogP contribution in [0.15, 0.2) is 12.7 Å². The third kappa shape index (κ3) is 2.81. The van der Waals surface area contributed by atoms with Gasteiger partial charge in [-0.15, -0.1) is 0 Å². The van der Waals surface area contributed by atoms with Crippen LogP contribution in [0.2, 0.25) is 0 Å². The SMILES string of the molecule is C=CC(=O)N1CC2CCNCC2C1.CC. The van der Waals surface area contributed by atoms with Crippen molar-refractivity contribution in [3.63, 3.8) is 0 Å². The van der Waals surface area contributed by atoms with Crippen molar-refractivity contribution in [2.24, 2.45) is 11.8 Å². The molecule has 0 aromatic rings. The Balaban J connectivity index is 0.000000531. The first-order valence-electron chi connectivity index (χ1n) is 5.93. The molecule has 0 spiro atoms. The van der Waals surface area contributed by atoms with E-state index in [1.165, 1.54) is 12.5 Å². The molecule has 2 fully saturated rings. The lowest BCUT2D eigenvalue weighted by Crippen LogP contribution is -2.35. The number of rotatable bonds is 1. The number of nitrogens with one attached hydrogen (secondary N) is 1. The van der Waals surface area contributed by atoms with Crippen molar-refractivity contribution in [2.75, 3.05) is 26.2 Å². The van der Waals surface area contributed by atoms with Crippen LogP contribution in [0.1, 0.15) is 20.3 Å². The summed E-state index contributed by atoms with van der Waals surface area (Å²) >= 11 is 0. The van der Waals surface area contributed by atoms with Gasteiger partial charge < -0.3 is 10.2 Å². The molecule has 0 bridgehead atoms. The molecule has 2 saturated heterocycles. The number of carbonyl (C=O) groups is 1. The van der Waals surface area contributed by atoms with E-state index < -0.39 is 0 Å². The summed E-state index contributed by atoms with van der Waals surface area (Å²) in [7, 11) is 0. The monoisotopic (exact) mass is 210 g/mol. The van der Waals surface area contributed by atoms with Crippen molar-refractivity contribution in [3.05, 3.63) is 12.7 Å². The Morgan fingerprint density at radius 1 is 1.40 bits per heavy atom. The lowest BCUT2D eigenvalue weighted by molar-refractivity contribution is -0.125. The van der Waals surface area contributed by atoms with Crippen LogP contribution in [-0.4, -0.2) is 37.0 Å². The molecule has 2 unspecified atom stereocenters. The number of likely N-dealkylation sites (tertiary alicyclic amines) is 1. The number of carbonyl (C=O) groups excluding carboxylic acids is 1. The topological polar surface area (TPSA) is 32.3 Å². The van der Waals surface area contributed by atoms with Crippen LogP contribution in [-0.2, 0) is 4.79 Å². The lowest BCUT2D eigenvalue weighted by Gasteiger charge is -2.23. The Hall–Kier alpha value is -0.830. The fourth-order valence-electron chi connectivity index (χ4n) is 2.38. The van der Waals surface area contributed by atoms with Crippen LogP contribution in [0.25, 0.3) is 0 Å². The fourth-order valence-corrected chi connectivity index (χ4v) is 2.38. The predicted molar refractivity (Wildman–Crippen MR) is 62.6 cm³/mol. The first-order chi connectivity index (χ1) is 7.31. The van der Waals surface area contributed by atoms with Gasteiger partial charge in [0.05, 0.1) is 0 Å². The molecule has 2 aliphatic heterocycles. The van der Waals surface area contributed by atoms with Crippen LogP contribution < -0.4 is 5.32 Å². The van der Waals surface area contributed by atoms with E-state index in [0.717, 1.165) is 32.1 Å². The zero-order chi connectivity index (χ0) is 11.3. The van der Waals surface area contributed by atoms with Gasteiger partial charge in [-0.05, 0) is 37.4 Å². The molecule has 0 aliphatic carbocycles. The van der Waals surface area contributed by atoms with E-state index in [-0.39, 0.29) is 5.91 Å². The molecule has 0 radical (unpaired) electrons. The predicted octanol–water partition coefficient (Wildman–Crippen LogP) is 1.27. The Labute approximate surface area is 92.5 Å².